The fraction of sp³-hybridized carbons (Fsp3) is 0.440. The van der Waals surface area contributed by atoms with Crippen LogP contribution in [-0.4, -0.2) is 56.9 Å². The molecule has 0 saturated carbocycles. The molecule has 2 saturated heterocycles. The molecule has 3 aromatic rings. The number of halogens is 2. The maximum Gasteiger partial charge on any atom is 0.314 e. The minimum absolute atomic E-state index is 0.0505. The number of aromatic nitrogens is 2. The Balaban J connectivity index is 1.32. The van der Waals surface area contributed by atoms with E-state index < -0.39 is 23.3 Å². The Morgan fingerprint density at radius 2 is 1.86 bits per heavy atom. The molecule has 0 spiro atoms. The summed E-state index contributed by atoms with van der Waals surface area (Å²) in [5, 5.41) is 7.17. The van der Waals surface area contributed by atoms with E-state index in [1.54, 1.807) is 12.1 Å². The molecule has 2 aliphatic heterocycles. The average Bonchev–Trinajstić information content (AvgIpc) is 3.33. The van der Waals surface area contributed by atoms with Crippen molar-refractivity contribution >= 4 is 16.7 Å². The van der Waals surface area contributed by atoms with Gasteiger partial charge < -0.3 is 9.15 Å². The van der Waals surface area contributed by atoms with Crippen molar-refractivity contribution in [2.45, 2.75) is 44.0 Å². The standard InChI is InChI=1S/C25H28F2N4O3S/c1-17-3-2-4-20(13-17)31(35(32)22-9-11-30(12-10-22)21-15-33-16-21)14-18-5-7-19(8-6-18)24-28-29-25(34-24)23(26)27/h2-8,13,21-23H,9-12,14-16H2,1H3. The summed E-state index contributed by atoms with van der Waals surface area (Å²) in [5.41, 5.74) is 3.52. The minimum atomic E-state index is -2.80. The lowest BCUT2D eigenvalue weighted by Crippen LogP contribution is -2.53. The number of hydrogen-bond acceptors (Lipinski definition) is 6. The van der Waals surface area contributed by atoms with Crippen LogP contribution in [0.3, 0.4) is 0 Å². The van der Waals surface area contributed by atoms with E-state index in [1.807, 2.05) is 41.6 Å². The van der Waals surface area contributed by atoms with Crippen molar-refractivity contribution in [1.82, 2.24) is 15.1 Å². The fourth-order valence-corrected chi connectivity index (χ4v) is 6.03. The molecule has 2 aromatic carbocycles. The van der Waals surface area contributed by atoms with Crippen molar-refractivity contribution in [2.24, 2.45) is 0 Å². The van der Waals surface area contributed by atoms with E-state index in [0.29, 0.717) is 18.2 Å². The van der Waals surface area contributed by atoms with Gasteiger partial charge in [-0.25, -0.2) is 4.21 Å². The molecule has 3 heterocycles. The Hall–Kier alpha value is -2.69. The Morgan fingerprint density at radius 3 is 2.46 bits per heavy atom. The van der Waals surface area contributed by atoms with Gasteiger partial charge in [-0.1, -0.05) is 24.3 Å². The van der Waals surface area contributed by atoms with Gasteiger partial charge in [0.05, 0.1) is 31.1 Å². The molecule has 0 radical (unpaired) electrons. The van der Waals surface area contributed by atoms with E-state index in [4.69, 9.17) is 9.15 Å². The van der Waals surface area contributed by atoms with Crippen molar-refractivity contribution in [2.75, 3.05) is 30.6 Å². The molecule has 186 valence electrons. The highest BCUT2D eigenvalue weighted by molar-refractivity contribution is 7.87. The first-order valence-corrected chi connectivity index (χ1v) is 12.9. The van der Waals surface area contributed by atoms with Crippen molar-refractivity contribution in [3.05, 3.63) is 65.5 Å². The Bertz CT molecular complexity index is 1160. The summed E-state index contributed by atoms with van der Waals surface area (Å²) in [7, 11) is -1.21. The van der Waals surface area contributed by atoms with Gasteiger partial charge in [-0.3, -0.25) is 9.21 Å². The number of nitrogens with zero attached hydrogens (tertiary/aromatic N) is 4. The summed E-state index contributed by atoms with van der Waals surface area (Å²) in [4.78, 5) is 2.45. The average molecular weight is 503 g/mol. The van der Waals surface area contributed by atoms with E-state index in [1.165, 1.54) is 0 Å². The van der Waals surface area contributed by atoms with Crippen molar-refractivity contribution in [3.63, 3.8) is 0 Å². The van der Waals surface area contributed by atoms with Crippen molar-refractivity contribution < 1.29 is 22.1 Å². The molecule has 1 aromatic heterocycles. The smallest absolute Gasteiger partial charge is 0.314 e. The number of likely N-dealkylation sites (tertiary alicyclic amines) is 1. The lowest BCUT2D eigenvalue weighted by Gasteiger charge is -2.42. The van der Waals surface area contributed by atoms with E-state index in [2.05, 4.69) is 21.2 Å². The zero-order valence-corrected chi connectivity index (χ0v) is 20.3. The second-order valence-corrected chi connectivity index (χ2v) is 10.7. The molecule has 1 unspecified atom stereocenters. The van der Waals surface area contributed by atoms with Crippen LogP contribution in [0.25, 0.3) is 11.5 Å². The zero-order chi connectivity index (χ0) is 24.4. The molecule has 7 nitrogen and oxygen atoms in total. The van der Waals surface area contributed by atoms with Crippen LogP contribution in [0, 0.1) is 6.92 Å². The van der Waals surface area contributed by atoms with Gasteiger partial charge in [0.1, 0.15) is 11.0 Å². The number of hydrogen-bond donors (Lipinski definition) is 0. The van der Waals surface area contributed by atoms with Crippen LogP contribution in [0.5, 0.6) is 0 Å². The fourth-order valence-electron chi connectivity index (χ4n) is 4.46. The third kappa shape index (κ3) is 5.44. The molecule has 2 fully saturated rings. The maximum atomic E-state index is 13.8. The summed E-state index contributed by atoms with van der Waals surface area (Å²) >= 11 is 0. The Morgan fingerprint density at radius 1 is 1.11 bits per heavy atom. The molecule has 0 amide bonds. The van der Waals surface area contributed by atoms with Crippen LogP contribution in [0.2, 0.25) is 0 Å². The predicted octanol–water partition coefficient (Wildman–Crippen LogP) is 4.52. The molecular formula is C25H28F2N4O3S. The number of rotatable bonds is 8. The van der Waals surface area contributed by atoms with E-state index >= 15 is 0 Å². The first kappa shape index (κ1) is 24.0. The third-order valence-electron chi connectivity index (χ3n) is 6.56. The Labute approximate surface area is 205 Å². The highest BCUT2D eigenvalue weighted by Gasteiger charge is 2.33. The summed E-state index contributed by atoms with van der Waals surface area (Å²) in [5.74, 6) is -0.643. The van der Waals surface area contributed by atoms with Crippen LogP contribution in [0.15, 0.2) is 52.9 Å². The molecule has 0 aliphatic carbocycles. The van der Waals surface area contributed by atoms with Crippen LogP contribution in [0.1, 0.15) is 36.3 Å². The number of anilines is 1. The van der Waals surface area contributed by atoms with Crippen molar-refractivity contribution in [3.8, 4) is 11.5 Å². The van der Waals surface area contributed by atoms with Gasteiger partial charge >= 0.3 is 6.43 Å². The van der Waals surface area contributed by atoms with Gasteiger partial charge in [-0.15, -0.1) is 10.2 Å². The van der Waals surface area contributed by atoms with Gasteiger partial charge in [0.15, 0.2) is 0 Å². The predicted molar refractivity (Wildman–Crippen MR) is 129 cm³/mol. The van der Waals surface area contributed by atoms with Gasteiger partial charge in [-0.2, -0.15) is 8.78 Å². The molecule has 1 atom stereocenters. The topological polar surface area (TPSA) is 71.7 Å². The number of piperidine rings is 1. The molecule has 0 bridgehead atoms. The molecule has 0 N–H and O–H groups in total. The zero-order valence-electron chi connectivity index (χ0n) is 19.5. The second-order valence-electron chi connectivity index (χ2n) is 9.02. The third-order valence-corrected chi connectivity index (χ3v) is 8.38. The summed E-state index contributed by atoms with van der Waals surface area (Å²) < 4.78 is 51.7. The van der Waals surface area contributed by atoms with Gasteiger partial charge in [0, 0.05) is 11.3 Å². The number of alkyl halides is 2. The quantitative estimate of drug-likeness (QED) is 0.451. The second kappa shape index (κ2) is 10.5. The van der Waals surface area contributed by atoms with Crippen LogP contribution < -0.4 is 4.31 Å². The number of benzene rings is 2. The summed E-state index contributed by atoms with van der Waals surface area (Å²) in [6.45, 7) is 5.95. The van der Waals surface area contributed by atoms with Gasteiger partial charge in [0.25, 0.3) is 5.89 Å². The highest BCUT2D eigenvalue weighted by Crippen LogP contribution is 2.29. The summed E-state index contributed by atoms with van der Waals surface area (Å²) in [6.07, 6.45) is -1.04. The van der Waals surface area contributed by atoms with E-state index in [-0.39, 0.29) is 11.1 Å². The normalized spacial score (nSPS) is 18.5. The van der Waals surface area contributed by atoms with E-state index in [9.17, 15) is 13.0 Å². The number of aryl methyl sites for hydroxylation is 1. The van der Waals surface area contributed by atoms with Crippen LogP contribution >= 0.6 is 0 Å². The van der Waals surface area contributed by atoms with Crippen LogP contribution in [0.4, 0.5) is 14.5 Å². The molecule has 10 heteroatoms. The highest BCUT2D eigenvalue weighted by atomic mass is 32.2. The SMILES string of the molecule is Cc1cccc(N(Cc2ccc(-c3nnc(C(F)F)o3)cc2)S(=O)C2CCN(C3COC3)CC2)c1. The first-order chi connectivity index (χ1) is 17.0. The largest absolute Gasteiger partial charge is 0.415 e. The van der Waals surface area contributed by atoms with Gasteiger partial charge in [0.2, 0.25) is 5.89 Å². The lowest BCUT2D eigenvalue weighted by molar-refractivity contribution is -0.0694. The molecule has 5 rings (SSSR count). The molecule has 35 heavy (non-hydrogen) atoms. The molecular weight excluding hydrogens is 474 g/mol. The van der Waals surface area contributed by atoms with Crippen LogP contribution in [-0.2, 0) is 22.3 Å². The maximum absolute atomic E-state index is 13.8. The van der Waals surface area contributed by atoms with E-state index in [0.717, 1.165) is 56.0 Å². The lowest BCUT2D eigenvalue weighted by atomic mass is 10.1. The Kier molecular flexibility index (Phi) is 7.22. The first-order valence-electron chi connectivity index (χ1n) is 11.8. The minimum Gasteiger partial charge on any atom is -0.415 e. The summed E-state index contributed by atoms with van der Waals surface area (Å²) in [6, 6.07) is 15.8. The van der Waals surface area contributed by atoms with Gasteiger partial charge in [-0.05, 0) is 68.2 Å². The van der Waals surface area contributed by atoms with Crippen molar-refractivity contribution in [1.29, 1.82) is 0 Å². The monoisotopic (exact) mass is 502 g/mol. The number of ether oxygens (including phenoxy) is 1. The molecule has 2 aliphatic rings.